The third-order valence-electron chi connectivity index (χ3n) is 5.56. The lowest BCUT2D eigenvalue weighted by Gasteiger charge is -2.27. The SMILES string of the molecule is C=C(C(=O)OC1C2CC3C(O2)C1OC31CCCC1)C(F)(F)F. The number of carbonyl (C=O) groups is 1. The van der Waals surface area contributed by atoms with Gasteiger partial charge in [-0.05, 0) is 19.3 Å². The first-order chi connectivity index (χ1) is 10.3. The fourth-order valence-electron chi connectivity index (χ4n) is 4.58. The molecule has 0 aromatic rings. The Morgan fingerprint density at radius 3 is 2.55 bits per heavy atom. The van der Waals surface area contributed by atoms with Crippen molar-refractivity contribution in [3.05, 3.63) is 12.2 Å². The Kier molecular flexibility index (Phi) is 2.95. The van der Waals surface area contributed by atoms with Crippen molar-refractivity contribution in [2.24, 2.45) is 5.92 Å². The molecule has 5 unspecified atom stereocenters. The van der Waals surface area contributed by atoms with E-state index in [9.17, 15) is 18.0 Å². The summed E-state index contributed by atoms with van der Waals surface area (Å²) in [5.41, 5.74) is -1.70. The number of rotatable bonds is 2. The molecule has 0 aromatic carbocycles. The van der Waals surface area contributed by atoms with E-state index in [2.05, 4.69) is 6.58 Å². The third kappa shape index (κ3) is 1.88. The molecule has 1 saturated carbocycles. The van der Waals surface area contributed by atoms with E-state index in [1.165, 1.54) is 0 Å². The number of ether oxygens (including phenoxy) is 3. The average molecular weight is 318 g/mol. The van der Waals surface area contributed by atoms with E-state index in [0.717, 1.165) is 25.7 Å². The van der Waals surface area contributed by atoms with E-state index in [1.807, 2.05) is 0 Å². The Bertz CT molecular complexity index is 523. The van der Waals surface area contributed by atoms with E-state index in [-0.39, 0.29) is 23.7 Å². The minimum absolute atomic E-state index is 0.153. The molecule has 3 aliphatic heterocycles. The number of alkyl halides is 3. The highest BCUT2D eigenvalue weighted by Crippen LogP contribution is 2.59. The van der Waals surface area contributed by atoms with Crippen LogP contribution in [-0.2, 0) is 19.0 Å². The van der Waals surface area contributed by atoms with Gasteiger partial charge >= 0.3 is 12.1 Å². The van der Waals surface area contributed by atoms with E-state index in [4.69, 9.17) is 14.2 Å². The van der Waals surface area contributed by atoms with Crippen molar-refractivity contribution >= 4 is 5.97 Å². The molecule has 22 heavy (non-hydrogen) atoms. The molecule has 1 spiro atoms. The zero-order valence-corrected chi connectivity index (χ0v) is 11.9. The van der Waals surface area contributed by atoms with Crippen LogP contribution in [-0.4, -0.2) is 42.2 Å². The van der Waals surface area contributed by atoms with Gasteiger partial charge in [-0.25, -0.2) is 4.79 Å². The summed E-state index contributed by atoms with van der Waals surface area (Å²) in [7, 11) is 0. The minimum Gasteiger partial charge on any atom is -0.453 e. The fraction of sp³-hybridized carbons (Fsp3) is 0.800. The maximum absolute atomic E-state index is 12.5. The summed E-state index contributed by atoms with van der Waals surface area (Å²) < 4.78 is 54.6. The molecular formula is C15H17F3O4. The molecule has 4 rings (SSSR count). The molecule has 7 heteroatoms. The van der Waals surface area contributed by atoms with Crippen LogP contribution in [0.15, 0.2) is 12.2 Å². The second-order valence-corrected chi connectivity index (χ2v) is 6.68. The molecule has 1 aliphatic carbocycles. The van der Waals surface area contributed by atoms with Gasteiger partial charge in [0.1, 0.15) is 11.7 Å². The molecule has 0 N–H and O–H groups in total. The van der Waals surface area contributed by atoms with Crippen LogP contribution in [0.2, 0.25) is 0 Å². The summed E-state index contributed by atoms with van der Waals surface area (Å²) in [4.78, 5) is 11.7. The van der Waals surface area contributed by atoms with Crippen molar-refractivity contribution < 1.29 is 32.2 Å². The number of esters is 1. The summed E-state index contributed by atoms with van der Waals surface area (Å²) in [6, 6.07) is 0. The molecule has 4 fully saturated rings. The number of carbonyl (C=O) groups excluding carboxylic acids is 1. The molecule has 3 heterocycles. The van der Waals surface area contributed by atoms with Gasteiger partial charge in [0.05, 0.1) is 17.8 Å². The first-order valence-electron chi connectivity index (χ1n) is 7.62. The number of halogens is 3. The Morgan fingerprint density at radius 1 is 1.23 bits per heavy atom. The predicted octanol–water partition coefficient (Wildman–Crippen LogP) is 2.52. The Balaban J connectivity index is 1.50. The van der Waals surface area contributed by atoms with Crippen molar-refractivity contribution in [3.8, 4) is 0 Å². The van der Waals surface area contributed by atoms with Crippen LogP contribution in [0.1, 0.15) is 32.1 Å². The summed E-state index contributed by atoms with van der Waals surface area (Å²) in [5, 5.41) is 0. The van der Waals surface area contributed by atoms with Crippen molar-refractivity contribution in [3.63, 3.8) is 0 Å². The molecule has 4 aliphatic rings. The highest BCUT2D eigenvalue weighted by molar-refractivity contribution is 5.89. The second-order valence-electron chi connectivity index (χ2n) is 6.68. The molecule has 5 atom stereocenters. The average Bonchev–Trinajstić information content (AvgIpc) is 3.15. The standard InChI is InChI=1S/C15H17F3O4/c1-7(15(16,17)18)13(19)21-11-9-6-8-10(20-9)12(11)22-14(8)4-2-3-5-14/h8-12H,1-6H2. The van der Waals surface area contributed by atoms with Crippen LogP contribution in [0.25, 0.3) is 0 Å². The van der Waals surface area contributed by atoms with Crippen molar-refractivity contribution in [1.29, 1.82) is 0 Å². The van der Waals surface area contributed by atoms with Gasteiger partial charge in [0.25, 0.3) is 0 Å². The van der Waals surface area contributed by atoms with Gasteiger partial charge in [0.2, 0.25) is 0 Å². The largest absolute Gasteiger partial charge is 0.453 e. The van der Waals surface area contributed by atoms with Gasteiger partial charge in [-0.3, -0.25) is 0 Å². The van der Waals surface area contributed by atoms with Gasteiger partial charge in [-0.15, -0.1) is 0 Å². The number of hydrogen-bond acceptors (Lipinski definition) is 4. The minimum atomic E-state index is -4.78. The van der Waals surface area contributed by atoms with E-state index >= 15 is 0 Å². The van der Waals surface area contributed by atoms with Gasteiger partial charge in [-0.1, -0.05) is 19.4 Å². The van der Waals surface area contributed by atoms with Crippen molar-refractivity contribution in [1.82, 2.24) is 0 Å². The lowest BCUT2D eigenvalue weighted by molar-refractivity contribution is -0.164. The summed E-state index contributed by atoms with van der Waals surface area (Å²) >= 11 is 0. The lowest BCUT2D eigenvalue weighted by Crippen LogP contribution is -2.41. The fourth-order valence-corrected chi connectivity index (χ4v) is 4.58. The van der Waals surface area contributed by atoms with E-state index < -0.39 is 29.9 Å². The van der Waals surface area contributed by atoms with Gasteiger partial charge in [0, 0.05) is 5.92 Å². The lowest BCUT2D eigenvalue weighted by atomic mass is 9.77. The Morgan fingerprint density at radius 2 is 1.91 bits per heavy atom. The number of fused-ring (bicyclic) bond motifs is 2. The zero-order valence-electron chi connectivity index (χ0n) is 11.9. The van der Waals surface area contributed by atoms with Crippen LogP contribution in [0, 0.1) is 5.92 Å². The maximum atomic E-state index is 12.5. The first kappa shape index (κ1) is 14.5. The van der Waals surface area contributed by atoms with Crippen LogP contribution < -0.4 is 0 Å². The van der Waals surface area contributed by atoms with Crippen LogP contribution in [0.4, 0.5) is 13.2 Å². The monoisotopic (exact) mass is 318 g/mol. The quantitative estimate of drug-likeness (QED) is 0.580. The van der Waals surface area contributed by atoms with Gasteiger partial charge < -0.3 is 14.2 Å². The normalized spacial score (nSPS) is 41.3. The molecule has 2 bridgehead atoms. The van der Waals surface area contributed by atoms with Gasteiger partial charge in [-0.2, -0.15) is 13.2 Å². The van der Waals surface area contributed by atoms with Crippen LogP contribution in [0.5, 0.6) is 0 Å². The molecule has 122 valence electrons. The highest BCUT2D eigenvalue weighted by atomic mass is 19.4. The van der Waals surface area contributed by atoms with Crippen LogP contribution >= 0.6 is 0 Å². The molecule has 0 amide bonds. The van der Waals surface area contributed by atoms with Gasteiger partial charge in [0.15, 0.2) is 6.10 Å². The Labute approximate surface area is 125 Å². The topological polar surface area (TPSA) is 44.8 Å². The zero-order chi connectivity index (χ0) is 15.7. The van der Waals surface area contributed by atoms with E-state index in [1.54, 1.807) is 0 Å². The summed E-state index contributed by atoms with van der Waals surface area (Å²) in [6.07, 6.45) is -1.69. The molecular weight excluding hydrogens is 301 g/mol. The number of hydrogen-bond donors (Lipinski definition) is 0. The summed E-state index contributed by atoms with van der Waals surface area (Å²) in [5.74, 6) is -1.15. The molecule has 0 radical (unpaired) electrons. The first-order valence-corrected chi connectivity index (χ1v) is 7.62. The third-order valence-corrected chi connectivity index (χ3v) is 5.56. The van der Waals surface area contributed by atoms with Crippen molar-refractivity contribution in [2.75, 3.05) is 0 Å². The summed E-state index contributed by atoms with van der Waals surface area (Å²) in [6.45, 7) is 2.78. The van der Waals surface area contributed by atoms with Crippen LogP contribution in [0.3, 0.4) is 0 Å². The smallest absolute Gasteiger partial charge is 0.422 e. The maximum Gasteiger partial charge on any atom is 0.422 e. The second kappa shape index (κ2) is 4.47. The predicted molar refractivity (Wildman–Crippen MR) is 67.9 cm³/mol. The van der Waals surface area contributed by atoms with Crippen molar-refractivity contribution in [2.45, 2.75) is 68.3 Å². The van der Waals surface area contributed by atoms with E-state index in [0.29, 0.717) is 6.42 Å². The molecule has 0 aromatic heterocycles. The highest BCUT2D eigenvalue weighted by Gasteiger charge is 2.69. The molecule has 3 saturated heterocycles. The molecule has 4 nitrogen and oxygen atoms in total. The Hall–Kier alpha value is -1.08.